The fraction of sp³-hybridized carbons (Fsp3) is 0.111. The molecule has 0 radical (unpaired) electrons. The van der Waals surface area contributed by atoms with Crippen LogP contribution < -0.4 is 9.96 Å². The molecule has 0 aliphatic carbocycles. The number of imide groups is 1. The van der Waals surface area contributed by atoms with E-state index in [1.807, 2.05) is 84.9 Å². The molecule has 0 aromatic heterocycles. The van der Waals surface area contributed by atoms with E-state index in [1.54, 1.807) is 17.2 Å². The molecule has 2 heterocycles. The van der Waals surface area contributed by atoms with Crippen LogP contribution >= 0.6 is 11.6 Å². The van der Waals surface area contributed by atoms with Crippen LogP contribution in [0.1, 0.15) is 11.6 Å². The smallest absolute Gasteiger partial charge is 0.266 e. The Balaban J connectivity index is 1.46. The summed E-state index contributed by atoms with van der Waals surface area (Å²) in [4.78, 5) is 34.9. The van der Waals surface area contributed by atoms with Crippen molar-refractivity contribution in [2.24, 2.45) is 5.92 Å². The number of hydroxylamine groups is 1. The molecular weight excluding hydrogens is 436 g/mol. The van der Waals surface area contributed by atoms with E-state index < -0.39 is 18.1 Å². The molecule has 0 bridgehead atoms. The quantitative estimate of drug-likeness (QED) is 0.381. The standard InChI is InChI=1S/C27H19ClN2O3/c28-19-15-13-18(14-16-19)24-23-25(33-30(24)20-9-2-1-3-10-20)27(32)29(26(23)31)22-12-6-8-17-7-4-5-11-21(17)22/h1-16,23-25H. The number of hydrogen-bond acceptors (Lipinski definition) is 4. The van der Waals surface area contributed by atoms with E-state index in [0.717, 1.165) is 22.0 Å². The van der Waals surface area contributed by atoms with Crippen molar-refractivity contribution in [3.05, 3.63) is 108 Å². The van der Waals surface area contributed by atoms with Gasteiger partial charge in [-0.15, -0.1) is 0 Å². The van der Waals surface area contributed by atoms with Crippen LogP contribution in [0.4, 0.5) is 11.4 Å². The molecule has 6 rings (SSSR count). The fourth-order valence-electron chi connectivity index (χ4n) is 4.85. The number of amides is 2. The summed E-state index contributed by atoms with van der Waals surface area (Å²) in [6, 6.07) is 29.8. The Kier molecular flexibility index (Phi) is 4.68. The minimum Gasteiger partial charge on any atom is -0.273 e. The molecule has 3 atom stereocenters. The average Bonchev–Trinajstić information content (AvgIpc) is 3.36. The van der Waals surface area contributed by atoms with E-state index >= 15 is 0 Å². The van der Waals surface area contributed by atoms with Gasteiger partial charge in [0.25, 0.3) is 5.91 Å². The van der Waals surface area contributed by atoms with Gasteiger partial charge < -0.3 is 0 Å². The van der Waals surface area contributed by atoms with Gasteiger partial charge in [0.15, 0.2) is 6.10 Å². The summed E-state index contributed by atoms with van der Waals surface area (Å²) in [6.07, 6.45) is -0.905. The van der Waals surface area contributed by atoms with Crippen LogP contribution in [0.2, 0.25) is 5.02 Å². The Labute approximate surface area is 195 Å². The van der Waals surface area contributed by atoms with Crippen molar-refractivity contribution >= 4 is 45.6 Å². The number of nitrogens with zero attached hydrogens (tertiary/aromatic N) is 2. The van der Waals surface area contributed by atoms with E-state index in [-0.39, 0.29) is 11.8 Å². The average molecular weight is 455 g/mol. The van der Waals surface area contributed by atoms with Crippen molar-refractivity contribution in [3.8, 4) is 0 Å². The maximum atomic E-state index is 13.8. The highest BCUT2D eigenvalue weighted by Crippen LogP contribution is 2.48. The third-order valence-corrected chi connectivity index (χ3v) is 6.60. The zero-order valence-electron chi connectivity index (χ0n) is 17.5. The van der Waals surface area contributed by atoms with Gasteiger partial charge in [0.2, 0.25) is 5.91 Å². The lowest BCUT2D eigenvalue weighted by molar-refractivity contribution is -0.126. The summed E-state index contributed by atoms with van der Waals surface area (Å²) in [5.74, 6) is -1.30. The van der Waals surface area contributed by atoms with Gasteiger partial charge in [0.1, 0.15) is 5.92 Å². The molecule has 0 saturated carbocycles. The zero-order chi connectivity index (χ0) is 22.5. The summed E-state index contributed by atoms with van der Waals surface area (Å²) < 4.78 is 0. The molecule has 4 aromatic rings. The number of anilines is 2. The molecule has 162 valence electrons. The number of fused-ring (bicyclic) bond motifs is 2. The lowest BCUT2D eigenvalue weighted by Crippen LogP contribution is -2.37. The van der Waals surface area contributed by atoms with Crippen molar-refractivity contribution in [1.82, 2.24) is 0 Å². The highest BCUT2D eigenvalue weighted by atomic mass is 35.5. The molecule has 2 fully saturated rings. The Morgan fingerprint density at radius 2 is 1.42 bits per heavy atom. The van der Waals surface area contributed by atoms with Gasteiger partial charge in [0, 0.05) is 10.4 Å². The third kappa shape index (κ3) is 3.12. The summed E-state index contributed by atoms with van der Waals surface area (Å²) in [7, 11) is 0. The van der Waals surface area contributed by atoms with Gasteiger partial charge in [-0.25, -0.2) is 9.96 Å². The topological polar surface area (TPSA) is 49.9 Å². The van der Waals surface area contributed by atoms with Gasteiger partial charge in [-0.3, -0.25) is 14.4 Å². The SMILES string of the molecule is O=C1C2ON(c3ccccc3)C(c3ccc(Cl)cc3)C2C(=O)N1c1cccc2ccccc12. The summed E-state index contributed by atoms with van der Waals surface area (Å²) in [6.45, 7) is 0. The first-order chi connectivity index (χ1) is 16.1. The summed E-state index contributed by atoms with van der Waals surface area (Å²) >= 11 is 6.12. The molecule has 0 N–H and O–H groups in total. The van der Waals surface area contributed by atoms with E-state index in [4.69, 9.17) is 16.4 Å². The molecule has 3 unspecified atom stereocenters. The van der Waals surface area contributed by atoms with E-state index in [1.165, 1.54) is 4.90 Å². The van der Waals surface area contributed by atoms with Crippen LogP contribution in [-0.4, -0.2) is 17.9 Å². The predicted octanol–water partition coefficient (Wildman–Crippen LogP) is 5.54. The molecule has 6 heteroatoms. The first-order valence-corrected chi connectivity index (χ1v) is 11.1. The maximum absolute atomic E-state index is 13.8. The number of carbonyl (C=O) groups is 2. The Bertz CT molecular complexity index is 1370. The first kappa shape index (κ1) is 20.0. The molecule has 4 aromatic carbocycles. The lowest BCUT2D eigenvalue weighted by Gasteiger charge is -2.29. The molecule has 0 spiro atoms. The summed E-state index contributed by atoms with van der Waals surface area (Å²) in [5, 5.41) is 4.11. The Morgan fingerprint density at radius 3 is 2.21 bits per heavy atom. The van der Waals surface area contributed by atoms with Crippen LogP contribution in [0.3, 0.4) is 0 Å². The van der Waals surface area contributed by atoms with Crippen LogP contribution in [0.25, 0.3) is 10.8 Å². The van der Waals surface area contributed by atoms with Crippen molar-refractivity contribution in [2.75, 3.05) is 9.96 Å². The van der Waals surface area contributed by atoms with Crippen LogP contribution in [0.5, 0.6) is 0 Å². The second kappa shape index (κ2) is 7.73. The molecule has 2 saturated heterocycles. The Hall–Kier alpha value is -3.67. The number of para-hydroxylation sites is 1. The zero-order valence-corrected chi connectivity index (χ0v) is 18.2. The second-order valence-corrected chi connectivity index (χ2v) is 8.66. The molecule has 5 nitrogen and oxygen atoms in total. The normalized spacial score (nSPS) is 22.3. The molecule has 2 aliphatic rings. The van der Waals surface area contributed by atoms with Gasteiger partial charge in [-0.05, 0) is 41.3 Å². The van der Waals surface area contributed by atoms with Crippen LogP contribution in [0.15, 0.2) is 97.1 Å². The Morgan fingerprint density at radius 1 is 0.727 bits per heavy atom. The highest BCUT2D eigenvalue weighted by molar-refractivity contribution is 6.30. The monoisotopic (exact) mass is 454 g/mol. The molecule has 2 amide bonds. The maximum Gasteiger partial charge on any atom is 0.266 e. The van der Waals surface area contributed by atoms with Crippen molar-refractivity contribution in [2.45, 2.75) is 12.1 Å². The van der Waals surface area contributed by atoms with E-state index in [2.05, 4.69) is 0 Å². The van der Waals surface area contributed by atoms with Crippen molar-refractivity contribution in [3.63, 3.8) is 0 Å². The minimum absolute atomic E-state index is 0.264. The summed E-state index contributed by atoms with van der Waals surface area (Å²) in [5.41, 5.74) is 2.23. The van der Waals surface area contributed by atoms with E-state index in [0.29, 0.717) is 10.7 Å². The third-order valence-electron chi connectivity index (χ3n) is 6.35. The number of rotatable bonds is 3. The van der Waals surface area contributed by atoms with Crippen LogP contribution in [-0.2, 0) is 14.4 Å². The minimum atomic E-state index is -0.905. The van der Waals surface area contributed by atoms with Gasteiger partial charge in [0.05, 0.1) is 17.4 Å². The van der Waals surface area contributed by atoms with Crippen molar-refractivity contribution in [1.29, 1.82) is 0 Å². The van der Waals surface area contributed by atoms with Crippen LogP contribution in [0, 0.1) is 5.92 Å². The van der Waals surface area contributed by atoms with Gasteiger partial charge in [-0.1, -0.05) is 78.3 Å². The lowest BCUT2D eigenvalue weighted by atomic mass is 9.90. The molecule has 2 aliphatic heterocycles. The number of hydrogen-bond donors (Lipinski definition) is 0. The second-order valence-electron chi connectivity index (χ2n) is 8.22. The number of halogens is 1. The molecule has 33 heavy (non-hydrogen) atoms. The first-order valence-electron chi connectivity index (χ1n) is 10.8. The number of carbonyl (C=O) groups excluding carboxylic acids is 2. The molecular formula is C27H19ClN2O3. The predicted molar refractivity (Wildman–Crippen MR) is 128 cm³/mol. The number of benzene rings is 4. The largest absolute Gasteiger partial charge is 0.273 e. The van der Waals surface area contributed by atoms with E-state index in [9.17, 15) is 9.59 Å². The highest BCUT2D eigenvalue weighted by Gasteiger charge is 2.60. The fourth-order valence-corrected chi connectivity index (χ4v) is 4.98. The van der Waals surface area contributed by atoms with Crippen molar-refractivity contribution < 1.29 is 14.4 Å². The van der Waals surface area contributed by atoms with Gasteiger partial charge >= 0.3 is 0 Å². The van der Waals surface area contributed by atoms with Gasteiger partial charge in [-0.2, -0.15) is 0 Å².